The van der Waals surface area contributed by atoms with Crippen molar-refractivity contribution in [3.8, 4) is 11.5 Å². The lowest BCUT2D eigenvalue weighted by atomic mass is 10.2. The lowest BCUT2D eigenvalue weighted by Crippen LogP contribution is -2.10. The molecule has 0 N–H and O–H groups in total. The van der Waals surface area contributed by atoms with Gasteiger partial charge >= 0.3 is 5.82 Å². The van der Waals surface area contributed by atoms with Gasteiger partial charge in [0.2, 0.25) is 11.8 Å². The number of rotatable bonds is 8. The van der Waals surface area contributed by atoms with Gasteiger partial charge in [0.1, 0.15) is 19.3 Å². The van der Waals surface area contributed by atoms with Crippen LogP contribution in [0.3, 0.4) is 0 Å². The first-order valence-corrected chi connectivity index (χ1v) is 7.77. The summed E-state index contributed by atoms with van der Waals surface area (Å²) in [6, 6.07) is 5.71. The Balaban J connectivity index is 1.55. The summed E-state index contributed by atoms with van der Waals surface area (Å²) in [7, 11) is 0. The molecule has 0 aliphatic rings. The van der Waals surface area contributed by atoms with Crippen molar-refractivity contribution in [2.45, 2.75) is 20.1 Å². The van der Waals surface area contributed by atoms with E-state index in [0.717, 1.165) is 0 Å². The van der Waals surface area contributed by atoms with Crippen LogP contribution in [0, 0.1) is 27.2 Å². The summed E-state index contributed by atoms with van der Waals surface area (Å²) in [4.78, 5) is 24.5. The fraction of sp³-hybridized carbons (Fsp3) is 0.267. The predicted molar refractivity (Wildman–Crippen MR) is 89.7 cm³/mol. The highest BCUT2D eigenvalue weighted by Crippen LogP contribution is 2.21. The fourth-order valence-electron chi connectivity index (χ4n) is 2.35. The van der Waals surface area contributed by atoms with E-state index in [4.69, 9.17) is 9.15 Å². The zero-order valence-corrected chi connectivity index (χ0v) is 14.1. The highest BCUT2D eigenvalue weighted by atomic mass is 16.6. The number of aromatic nitrogens is 4. The summed E-state index contributed by atoms with van der Waals surface area (Å²) in [5, 5.41) is 29.3. The van der Waals surface area contributed by atoms with E-state index in [1.54, 1.807) is 6.92 Å². The number of hydrogen-bond donors (Lipinski definition) is 0. The minimum Gasteiger partial charge on any atom is -0.418 e. The van der Waals surface area contributed by atoms with Crippen molar-refractivity contribution < 1.29 is 19.0 Å². The Bertz CT molecular complexity index is 964. The maximum absolute atomic E-state index is 10.9. The van der Waals surface area contributed by atoms with Gasteiger partial charge < -0.3 is 19.3 Å². The lowest BCUT2D eigenvalue weighted by molar-refractivity contribution is -0.392. The fourth-order valence-corrected chi connectivity index (χ4v) is 2.35. The van der Waals surface area contributed by atoms with Gasteiger partial charge in [-0.2, -0.15) is 0 Å². The van der Waals surface area contributed by atoms with Gasteiger partial charge in [-0.25, -0.2) is 9.55 Å². The van der Waals surface area contributed by atoms with Crippen LogP contribution in [0.15, 0.2) is 34.9 Å². The third-order valence-corrected chi connectivity index (χ3v) is 3.70. The first-order chi connectivity index (χ1) is 13.0. The number of nitrogens with zero attached hydrogens (tertiary/aromatic N) is 6. The molecule has 3 rings (SSSR count). The molecule has 3 aromatic rings. The van der Waals surface area contributed by atoms with Crippen molar-refractivity contribution in [2.75, 3.05) is 6.61 Å². The largest absolute Gasteiger partial charge is 0.418 e. The Morgan fingerprint density at radius 2 is 1.89 bits per heavy atom. The van der Waals surface area contributed by atoms with Crippen LogP contribution in [0.5, 0.6) is 0 Å². The molecule has 0 atom stereocenters. The molecule has 2 aromatic heterocycles. The number of nitro benzene ring substituents is 1. The summed E-state index contributed by atoms with van der Waals surface area (Å²) in [6.45, 7) is 2.14. The molecule has 0 aliphatic carbocycles. The van der Waals surface area contributed by atoms with Crippen molar-refractivity contribution in [1.82, 2.24) is 19.7 Å². The smallest absolute Gasteiger partial charge is 0.342 e. The van der Waals surface area contributed by atoms with E-state index in [-0.39, 0.29) is 43.0 Å². The van der Waals surface area contributed by atoms with Crippen LogP contribution in [0.4, 0.5) is 11.5 Å². The van der Waals surface area contributed by atoms with Crippen LogP contribution in [-0.4, -0.2) is 36.2 Å². The second kappa shape index (κ2) is 7.70. The molecule has 0 bridgehead atoms. The molecule has 0 saturated heterocycles. The van der Waals surface area contributed by atoms with Gasteiger partial charge in [0.25, 0.3) is 5.69 Å². The number of benzene rings is 1. The molecule has 0 fully saturated rings. The van der Waals surface area contributed by atoms with Crippen molar-refractivity contribution in [2.24, 2.45) is 0 Å². The molecule has 12 nitrogen and oxygen atoms in total. The van der Waals surface area contributed by atoms with Gasteiger partial charge in [0.05, 0.1) is 11.5 Å². The molecule has 0 saturated carbocycles. The molecule has 27 heavy (non-hydrogen) atoms. The van der Waals surface area contributed by atoms with E-state index in [1.807, 2.05) is 0 Å². The highest BCUT2D eigenvalue weighted by molar-refractivity contribution is 5.55. The first-order valence-electron chi connectivity index (χ1n) is 7.77. The Kier molecular flexibility index (Phi) is 5.17. The van der Waals surface area contributed by atoms with Crippen LogP contribution < -0.4 is 0 Å². The standard InChI is InChI=1S/C15H14N6O6/c1-10-16-8-14(21(24)25)19(10)6-7-26-9-13-17-18-15(27-13)11-2-4-12(5-3-11)20(22)23/h2-5,8H,6-7,9H2,1H3. The van der Waals surface area contributed by atoms with Gasteiger partial charge in [-0.3, -0.25) is 10.1 Å². The molecule has 0 unspecified atom stereocenters. The van der Waals surface area contributed by atoms with E-state index in [2.05, 4.69) is 15.2 Å². The average Bonchev–Trinajstić information content (AvgIpc) is 3.26. The van der Waals surface area contributed by atoms with Crippen LogP contribution >= 0.6 is 0 Å². The van der Waals surface area contributed by atoms with Gasteiger partial charge in [0.15, 0.2) is 5.82 Å². The number of imidazole rings is 1. The summed E-state index contributed by atoms with van der Waals surface area (Å²) in [6.07, 6.45) is 1.20. The highest BCUT2D eigenvalue weighted by Gasteiger charge is 2.17. The second-order valence-electron chi connectivity index (χ2n) is 5.43. The molecule has 0 spiro atoms. The maximum Gasteiger partial charge on any atom is 0.342 e. The quantitative estimate of drug-likeness (QED) is 0.328. The van der Waals surface area contributed by atoms with Crippen LogP contribution in [0.1, 0.15) is 11.7 Å². The molecular weight excluding hydrogens is 360 g/mol. The van der Waals surface area contributed by atoms with E-state index >= 15 is 0 Å². The van der Waals surface area contributed by atoms with Gasteiger partial charge in [0, 0.05) is 24.6 Å². The molecule has 0 radical (unpaired) electrons. The summed E-state index contributed by atoms with van der Waals surface area (Å²) in [5.74, 6) is 0.850. The van der Waals surface area contributed by atoms with Gasteiger partial charge in [-0.1, -0.05) is 0 Å². The zero-order chi connectivity index (χ0) is 19.4. The summed E-state index contributed by atoms with van der Waals surface area (Å²) < 4.78 is 12.3. The minimum absolute atomic E-state index is 0.0293. The Labute approximate surface area is 151 Å². The summed E-state index contributed by atoms with van der Waals surface area (Å²) in [5.41, 5.74) is 0.509. The summed E-state index contributed by atoms with van der Waals surface area (Å²) >= 11 is 0. The zero-order valence-electron chi connectivity index (χ0n) is 14.1. The van der Waals surface area contributed by atoms with E-state index < -0.39 is 9.85 Å². The SMILES string of the molecule is Cc1ncc([N+](=O)[O-])n1CCOCc1nnc(-c2ccc([N+](=O)[O-])cc2)o1. The molecular formula is C15H14N6O6. The molecule has 1 aromatic carbocycles. The monoisotopic (exact) mass is 374 g/mol. The van der Waals surface area contributed by atoms with Crippen LogP contribution in [0.2, 0.25) is 0 Å². The third kappa shape index (κ3) is 4.12. The second-order valence-corrected chi connectivity index (χ2v) is 5.43. The Hall–Kier alpha value is -3.67. The normalized spacial score (nSPS) is 10.9. The Morgan fingerprint density at radius 3 is 2.56 bits per heavy atom. The average molecular weight is 374 g/mol. The molecule has 0 amide bonds. The number of aryl methyl sites for hydroxylation is 1. The van der Waals surface area contributed by atoms with Crippen molar-refractivity contribution in [3.05, 3.63) is 62.4 Å². The lowest BCUT2D eigenvalue weighted by Gasteiger charge is -2.03. The van der Waals surface area contributed by atoms with Crippen molar-refractivity contribution in [1.29, 1.82) is 0 Å². The van der Waals surface area contributed by atoms with E-state index in [1.165, 1.54) is 35.0 Å². The maximum atomic E-state index is 10.9. The molecule has 140 valence electrons. The number of ether oxygens (including phenoxy) is 1. The van der Waals surface area contributed by atoms with Crippen molar-refractivity contribution >= 4 is 11.5 Å². The number of nitro groups is 2. The predicted octanol–water partition coefficient (Wildman–Crippen LogP) is 2.27. The number of non-ortho nitro benzene ring substituents is 1. The Morgan fingerprint density at radius 1 is 1.15 bits per heavy atom. The van der Waals surface area contributed by atoms with E-state index in [9.17, 15) is 20.2 Å². The van der Waals surface area contributed by atoms with Gasteiger partial charge in [-0.15, -0.1) is 10.2 Å². The first kappa shape index (κ1) is 18.1. The topological polar surface area (TPSA) is 152 Å². The third-order valence-electron chi connectivity index (χ3n) is 3.70. The molecule has 12 heteroatoms. The van der Waals surface area contributed by atoms with E-state index in [0.29, 0.717) is 11.4 Å². The molecule has 0 aliphatic heterocycles. The van der Waals surface area contributed by atoms with Gasteiger partial charge in [-0.05, 0) is 17.1 Å². The van der Waals surface area contributed by atoms with Crippen LogP contribution in [0.25, 0.3) is 11.5 Å². The number of hydrogen-bond acceptors (Lipinski definition) is 9. The molecule has 2 heterocycles. The minimum atomic E-state index is -0.505. The van der Waals surface area contributed by atoms with Crippen molar-refractivity contribution in [3.63, 3.8) is 0 Å². The van der Waals surface area contributed by atoms with Crippen LogP contribution in [-0.2, 0) is 17.9 Å².